The predicted octanol–water partition coefficient (Wildman–Crippen LogP) is 1.44. The lowest BCUT2D eigenvalue weighted by molar-refractivity contribution is 0.682. The SMILES string of the molecule is C#CCNNc1nc(-c2ccccc2CC)n(CC)c(=O)n1. The Morgan fingerprint density at radius 2 is 2.05 bits per heavy atom. The topological polar surface area (TPSA) is 71.8 Å². The Balaban J connectivity index is 2.53. The van der Waals surface area contributed by atoms with Crippen molar-refractivity contribution in [2.24, 2.45) is 0 Å². The van der Waals surface area contributed by atoms with Gasteiger partial charge in [-0.15, -0.1) is 6.42 Å². The van der Waals surface area contributed by atoms with Crippen molar-refractivity contribution in [3.8, 4) is 23.7 Å². The normalized spacial score (nSPS) is 10.2. The number of aryl methyl sites for hydroxylation is 1. The van der Waals surface area contributed by atoms with Crippen molar-refractivity contribution in [2.75, 3.05) is 12.0 Å². The predicted molar refractivity (Wildman–Crippen MR) is 87.2 cm³/mol. The largest absolute Gasteiger partial charge is 0.352 e. The monoisotopic (exact) mass is 297 g/mol. The molecule has 0 aliphatic carbocycles. The van der Waals surface area contributed by atoms with Gasteiger partial charge in [-0.3, -0.25) is 9.99 Å². The van der Waals surface area contributed by atoms with Crippen LogP contribution >= 0.6 is 0 Å². The molecule has 6 nitrogen and oxygen atoms in total. The van der Waals surface area contributed by atoms with Crippen molar-refractivity contribution in [1.82, 2.24) is 20.0 Å². The van der Waals surface area contributed by atoms with E-state index >= 15 is 0 Å². The number of nitrogens with one attached hydrogen (secondary N) is 2. The number of hydrogen-bond acceptors (Lipinski definition) is 5. The molecule has 0 bridgehead atoms. The Morgan fingerprint density at radius 3 is 2.73 bits per heavy atom. The third kappa shape index (κ3) is 3.32. The van der Waals surface area contributed by atoms with Crippen molar-refractivity contribution >= 4 is 5.95 Å². The first kappa shape index (κ1) is 15.7. The maximum Gasteiger partial charge on any atom is 0.352 e. The van der Waals surface area contributed by atoms with Crippen LogP contribution in [0.5, 0.6) is 0 Å². The molecular formula is C16H19N5O. The van der Waals surface area contributed by atoms with E-state index in [9.17, 15) is 4.79 Å². The van der Waals surface area contributed by atoms with Gasteiger partial charge in [-0.25, -0.2) is 10.2 Å². The van der Waals surface area contributed by atoms with Gasteiger partial charge in [-0.1, -0.05) is 37.1 Å². The summed E-state index contributed by atoms with van der Waals surface area (Å²) < 4.78 is 1.56. The van der Waals surface area contributed by atoms with Crippen LogP contribution in [0, 0.1) is 12.3 Å². The average molecular weight is 297 g/mol. The summed E-state index contributed by atoms with van der Waals surface area (Å²) in [6.45, 7) is 4.78. The molecule has 0 amide bonds. The summed E-state index contributed by atoms with van der Waals surface area (Å²) in [6.07, 6.45) is 6.03. The summed E-state index contributed by atoms with van der Waals surface area (Å²) in [5.41, 5.74) is 7.24. The van der Waals surface area contributed by atoms with Gasteiger partial charge in [0.15, 0.2) is 0 Å². The Labute approximate surface area is 129 Å². The van der Waals surface area contributed by atoms with E-state index in [0.29, 0.717) is 18.9 Å². The Morgan fingerprint density at radius 1 is 1.27 bits per heavy atom. The fraction of sp³-hybridized carbons (Fsp3) is 0.312. The molecule has 0 aliphatic rings. The molecule has 0 unspecified atom stereocenters. The summed E-state index contributed by atoms with van der Waals surface area (Å²) in [6, 6.07) is 7.91. The van der Waals surface area contributed by atoms with Crippen LogP contribution < -0.4 is 16.5 Å². The third-order valence-electron chi connectivity index (χ3n) is 3.25. The molecule has 2 rings (SSSR count). The van der Waals surface area contributed by atoms with E-state index in [1.165, 1.54) is 0 Å². The van der Waals surface area contributed by atoms with Crippen LogP contribution in [0.25, 0.3) is 11.4 Å². The van der Waals surface area contributed by atoms with E-state index in [1.807, 2.05) is 31.2 Å². The molecule has 0 radical (unpaired) electrons. The lowest BCUT2D eigenvalue weighted by Crippen LogP contribution is -2.30. The standard InChI is InChI=1S/C16H19N5O/c1-4-11-17-20-15-18-14(21(6-3)16(22)19-15)13-10-8-7-9-12(13)5-2/h1,7-10,17H,5-6,11H2,2-3H3,(H,19,20,22). The van der Waals surface area contributed by atoms with Gasteiger partial charge in [0.05, 0.1) is 6.54 Å². The van der Waals surface area contributed by atoms with Crippen LogP contribution in [0.2, 0.25) is 0 Å². The van der Waals surface area contributed by atoms with Crippen LogP contribution in [-0.2, 0) is 13.0 Å². The highest BCUT2D eigenvalue weighted by Gasteiger charge is 2.13. The van der Waals surface area contributed by atoms with Gasteiger partial charge >= 0.3 is 5.69 Å². The van der Waals surface area contributed by atoms with Gasteiger partial charge in [-0.05, 0) is 18.9 Å². The van der Waals surface area contributed by atoms with Crippen LogP contribution in [0.15, 0.2) is 29.1 Å². The van der Waals surface area contributed by atoms with Crippen LogP contribution in [0.3, 0.4) is 0 Å². The summed E-state index contributed by atoms with van der Waals surface area (Å²) in [7, 11) is 0. The van der Waals surface area contributed by atoms with E-state index in [4.69, 9.17) is 6.42 Å². The number of anilines is 1. The summed E-state index contributed by atoms with van der Waals surface area (Å²) in [5.74, 6) is 3.24. The third-order valence-corrected chi connectivity index (χ3v) is 3.25. The highest BCUT2D eigenvalue weighted by molar-refractivity contribution is 5.61. The van der Waals surface area contributed by atoms with Gasteiger partial charge in [0, 0.05) is 12.1 Å². The minimum absolute atomic E-state index is 0.214. The number of benzene rings is 1. The lowest BCUT2D eigenvalue weighted by Gasteiger charge is -2.14. The molecule has 1 heterocycles. The first-order valence-electron chi connectivity index (χ1n) is 7.20. The van der Waals surface area contributed by atoms with Gasteiger partial charge < -0.3 is 0 Å². The van der Waals surface area contributed by atoms with Crippen LogP contribution in [-0.4, -0.2) is 21.1 Å². The molecule has 0 aliphatic heterocycles. The molecule has 0 spiro atoms. The van der Waals surface area contributed by atoms with Crippen molar-refractivity contribution in [3.05, 3.63) is 40.3 Å². The summed E-state index contributed by atoms with van der Waals surface area (Å²) in [4.78, 5) is 20.6. The van der Waals surface area contributed by atoms with Crippen molar-refractivity contribution in [1.29, 1.82) is 0 Å². The molecule has 2 N–H and O–H groups in total. The molecule has 0 saturated carbocycles. The number of aromatic nitrogens is 3. The second kappa shape index (κ2) is 7.38. The molecule has 1 aromatic carbocycles. The summed E-state index contributed by atoms with van der Waals surface area (Å²) in [5, 5.41) is 0. The van der Waals surface area contributed by atoms with Gasteiger partial charge in [0.2, 0.25) is 5.95 Å². The molecule has 0 atom stereocenters. The average Bonchev–Trinajstić information content (AvgIpc) is 2.54. The van der Waals surface area contributed by atoms with E-state index < -0.39 is 0 Å². The quantitative estimate of drug-likeness (QED) is 0.479. The molecule has 22 heavy (non-hydrogen) atoms. The van der Waals surface area contributed by atoms with Gasteiger partial charge in [0.25, 0.3) is 0 Å². The minimum atomic E-state index is -0.344. The molecule has 0 fully saturated rings. The van der Waals surface area contributed by atoms with Crippen molar-refractivity contribution in [3.63, 3.8) is 0 Å². The molecule has 2 aromatic rings. The first-order chi connectivity index (χ1) is 10.7. The van der Waals surface area contributed by atoms with E-state index in [-0.39, 0.29) is 11.6 Å². The zero-order valence-electron chi connectivity index (χ0n) is 12.8. The molecule has 0 saturated heterocycles. The van der Waals surface area contributed by atoms with Crippen molar-refractivity contribution in [2.45, 2.75) is 26.8 Å². The fourth-order valence-corrected chi connectivity index (χ4v) is 2.19. The van der Waals surface area contributed by atoms with Gasteiger partial charge in [-0.2, -0.15) is 9.97 Å². The second-order valence-electron chi connectivity index (χ2n) is 4.59. The van der Waals surface area contributed by atoms with E-state index in [0.717, 1.165) is 17.5 Å². The Kier molecular flexibility index (Phi) is 5.28. The number of rotatable bonds is 6. The lowest BCUT2D eigenvalue weighted by atomic mass is 10.0. The molecule has 6 heteroatoms. The number of hydrogen-bond donors (Lipinski definition) is 2. The highest BCUT2D eigenvalue weighted by Crippen LogP contribution is 2.22. The molecule has 1 aromatic heterocycles. The zero-order chi connectivity index (χ0) is 15.9. The molecule has 114 valence electrons. The number of hydrazine groups is 1. The van der Waals surface area contributed by atoms with E-state index in [1.54, 1.807) is 4.57 Å². The van der Waals surface area contributed by atoms with Gasteiger partial charge in [0.1, 0.15) is 5.82 Å². The van der Waals surface area contributed by atoms with Crippen LogP contribution in [0.1, 0.15) is 19.4 Å². The Bertz CT molecular complexity index is 745. The zero-order valence-corrected chi connectivity index (χ0v) is 12.8. The number of terminal acetylenes is 1. The maximum atomic E-state index is 12.2. The highest BCUT2D eigenvalue weighted by atomic mass is 16.1. The van der Waals surface area contributed by atoms with Crippen molar-refractivity contribution < 1.29 is 0 Å². The summed E-state index contributed by atoms with van der Waals surface area (Å²) >= 11 is 0. The fourth-order valence-electron chi connectivity index (χ4n) is 2.19. The minimum Gasteiger partial charge on any atom is -0.289 e. The van der Waals surface area contributed by atoms with E-state index in [2.05, 4.69) is 33.7 Å². The maximum absolute atomic E-state index is 12.2. The Hall–Kier alpha value is -2.65. The smallest absolute Gasteiger partial charge is 0.289 e. The second-order valence-corrected chi connectivity index (χ2v) is 4.59. The first-order valence-corrected chi connectivity index (χ1v) is 7.20. The molecular weight excluding hydrogens is 278 g/mol. The number of nitrogens with zero attached hydrogens (tertiary/aromatic N) is 3. The van der Waals surface area contributed by atoms with Crippen LogP contribution in [0.4, 0.5) is 5.95 Å².